The van der Waals surface area contributed by atoms with Crippen LogP contribution in [0.25, 0.3) is 0 Å². The van der Waals surface area contributed by atoms with Gasteiger partial charge in [0.05, 0.1) is 11.3 Å². The SMILES string of the molecule is Nc1nc(COC(=O)c2ccccc2N2CCCC2=O)nc(Nc2ccc(Cl)cc2)n1. The molecule has 0 aliphatic carbocycles. The smallest absolute Gasteiger partial charge is 0.340 e. The highest BCUT2D eigenvalue weighted by molar-refractivity contribution is 6.30. The fourth-order valence-electron chi connectivity index (χ4n) is 3.21. The Balaban J connectivity index is 1.47. The van der Waals surface area contributed by atoms with E-state index in [-0.39, 0.29) is 30.2 Å². The van der Waals surface area contributed by atoms with Gasteiger partial charge in [0.15, 0.2) is 12.4 Å². The maximum absolute atomic E-state index is 12.7. The molecule has 0 atom stereocenters. The molecule has 10 heteroatoms. The minimum absolute atomic E-state index is 0.0107. The van der Waals surface area contributed by atoms with E-state index >= 15 is 0 Å². The molecule has 1 aromatic heterocycles. The number of aromatic nitrogens is 3. The van der Waals surface area contributed by atoms with E-state index in [1.807, 2.05) is 0 Å². The van der Waals surface area contributed by atoms with Gasteiger partial charge in [-0.1, -0.05) is 23.7 Å². The normalized spacial score (nSPS) is 13.3. The van der Waals surface area contributed by atoms with Crippen LogP contribution in [-0.2, 0) is 16.1 Å². The average Bonchev–Trinajstić information content (AvgIpc) is 3.19. The molecule has 2 heterocycles. The number of para-hydroxylation sites is 1. The number of amides is 1. The number of nitrogen functional groups attached to an aromatic ring is 1. The van der Waals surface area contributed by atoms with Crippen molar-refractivity contribution in [3.63, 3.8) is 0 Å². The van der Waals surface area contributed by atoms with Crippen LogP contribution in [0.2, 0.25) is 5.02 Å². The second kappa shape index (κ2) is 8.97. The predicted octanol–water partition coefficient (Wildman–Crippen LogP) is 3.33. The van der Waals surface area contributed by atoms with Crippen LogP contribution in [-0.4, -0.2) is 33.4 Å². The van der Waals surface area contributed by atoms with Gasteiger partial charge in [-0.05, 0) is 42.8 Å². The van der Waals surface area contributed by atoms with E-state index in [9.17, 15) is 9.59 Å². The molecule has 0 spiro atoms. The van der Waals surface area contributed by atoms with Crippen molar-refractivity contribution in [1.82, 2.24) is 15.0 Å². The van der Waals surface area contributed by atoms with Crippen LogP contribution in [0.4, 0.5) is 23.3 Å². The first kappa shape index (κ1) is 20.5. The number of hydrogen-bond donors (Lipinski definition) is 2. The zero-order chi connectivity index (χ0) is 21.8. The van der Waals surface area contributed by atoms with E-state index in [0.29, 0.717) is 34.9 Å². The van der Waals surface area contributed by atoms with Gasteiger partial charge in [-0.2, -0.15) is 15.0 Å². The van der Waals surface area contributed by atoms with Gasteiger partial charge < -0.3 is 20.7 Å². The van der Waals surface area contributed by atoms with Gasteiger partial charge in [-0.25, -0.2) is 4.79 Å². The summed E-state index contributed by atoms with van der Waals surface area (Å²) >= 11 is 5.89. The summed E-state index contributed by atoms with van der Waals surface area (Å²) in [5, 5.41) is 3.60. The molecule has 3 N–H and O–H groups in total. The zero-order valence-electron chi connectivity index (χ0n) is 16.4. The second-order valence-corrected chi connectivity index (χ2v) is 7.24. The first-order valence-electron chi connectivity index (χ1n) is 9.59. The third kappa shape index (κ3) is 4.89. The molecule has 0 bridgehead atoms. The number of ether oxygens (including phenoxy) is 1. The molecule has 1 amide bonds. The Hall–Kier alpha value is -3.72. The minimum atomic E-state index is -0.582. The fourth-order valence-corrected chi connectivity index (χ4v) is 3.34. The number of hydrogen-bond acceptors (Lipinski definition) is 8. The van der Waals surface area contributed by atoms with Crippen LogP contribution in [0, 0.1) is 0 Å². The van der Waals surface area contributed by atoms with Gasteiger partial charge in [-0.3, -0.25) is 4.79 Å². The van der Waals surface area contributed by atoms with Crippen molar-refractivity contribution in [3.05, 3.63) is 64.9 Å². The van der Waals surface area contributed by atoms with Crippen molar-refractivity contribution in [2.45, 2.75) is 19.4 Å². The lowest BCUT2D eigenvalue weighted by Crippen LogP contribution is -2.26. The van der Waals surface area contributed by atoms with Crippen molar-refractivity contribution in [2.75, 3.05) is 22.5 Å². The van der Waals surface area contributed by atoms with E-state index in [2.05, 4.69) is 20.3 Å². The lowest BCUT2D eigenvalue weighted by Gasteiger charge is -2.18. The van der Waals surface area contributed by atoms with E-state index in [1.165, 1.54) is 0 Å². The van der Waals surface area contributed by atoms with Crippen molar-refractivity contribution in [3.8, 4) is 0 Å². The zero-order valence-corrected chi connectivity index (χ0v) is 17.2. The first-order chi connectivity index (χ1) is 15.0. The average molecular weight is 439 g/mol. The molecule has 4 rings (SSSR count). The minimum Gasteiger partial charge on any atom is -0.454 e. The second-order valence-electron chi connectivity index (χ2n) is 6.81. The molecule has 0 radical (unpaired) electrons. The van der Waals surface area contributed by atoms with Gasteiger partial charge in [0.2, 0.25) is 17.8 Å². The Kier molecular flexibility index (Phi) is 5.94. The summed E-state index contributed by atoms with van der Waals surface area (Å²) in [5.74, 6) is -0.207. The summed E-state index contributed by atoms with van der Waals surface area (Å²) < 4.78 is 5.40. The number of esters is 1. The largest absolute Gasteiger partial charge is 0.454 e. The van der Waals surface area contributed by atoms with Crippen LogP contribution < -0.4 is 16.0 Å². The monoisotopic (exact) mass is 438 g/mol. The van der Waals surface area contributed by atoms with Crippen LogP contribution in [0.3, 0.4) is 0 Å². The fraction of sp³-hybridized carbons (Fsp3) is 0.190. The number of carbonyl (C=O) groups excluding carboxylic acids is 2. The Morgan fingerprint density at radius 2 is 1.90 bits per heavy atom. The third-order valence-corrected chi connectivity index (χ3v) is 4.87. The maximum Gasteiger partial charge on any atom is 0.340 e. The quantitative estimate of drug-likeness (QED) is 0.561. The number of rotatable bonds is 6. The Morgan fingerprint density at radius 3 is 2.65 bits per heavy atom. The molecule has 1 fully saturated rings. The lowest BCUT2D eigenvalue weighted by molar-refractivity contribution is -0.117. The first-order valence-corrected chi connectivity index (χ1v) is 9.97. The molecule has 9 nitrogen and oxygen atoms in total. The predicted molar refractivity (Wildman–Crippen MR) is 116 cm³/mol. The highest BCUT2D eigenvalue weighted by Gasteiger charge is 2.26. The molecular formula is C21H19ClN6O3. The number of halogens is 1. The number of nitrogens with two attached hydrogens (primary N) is 1. The molecular weight excluding hydrogens is 420 g/mol. The standard InChI is InChI=1S/C21H19ClN6O3/c22-13-7-9-14(10-8-13)24-21-26-17(25-20(23)27-21)12-31-19(30)15-4-1-2-5-16(15)28-11-3-6-18(28)29/h1-2,4-5,7-10H,3,6,11-12H2,(H3,23,24,25,26,27). The number of anilines is 4. The highest BCUT2D eigenvalue weighted by Crippen LogP contribution is 2.26. The van der Waals surface area contributed by atoms with Gasteiger partial charge in [0, 0.05) is 23.7 Å². The molecule has 0 saturated carbocycles. The number of carbonyl (C=O) groups is 2. The van der Waals surface area contributed by atoms with E-state index in [0.717, 1.165) is 6.42 Å². The van der Waals surface area contributed by atoms with Gasteiger partial charge in [-0.15, -0.1) is 0 Å². The van der Waals surface area contributed by atoms with Gasteiger partial charge in [0.1, 0.15) is 0 Å². The molecule has 0 unspecified atom stereocenters. The van der Waals surface area contributed by atoms with Crippen LogP contribution in [0.1, 0.15) is 29.0 Å². The van der Waals surface area contributed by atoms with Crippen molar-refractivity contribution in [1.29, 1.82) is 0 Å². The summed E-state index contributed by atoms with van der Waals surface area (Å²) in [7, 11) is 0. The van der Waals surface area contributed by atoms with Gasteiger partial charge >= 0.3 is 5.97 Å². The molecule has 2 aromatic carbocycles. The van der Waals surface area contributed by atoms with Crippen LogP contribution in [0.5, 0.6) is 0 Å². The Bertz CT molecular complexity index is 1120. The molecule has 158 valence electrons. The van der Waals surface area contributed by atoms with Crippen molar-refractivity contribution >= 4 is 46.7 Å². The molecule has 1 aliphatic rings. The number of nitrogens with one attached hydrogen (secondary N) is 1. The number of benzene rings is 2. The Morgan fingerprint density at radius 1 is 1.13 bits per heavy atom. The number of nitrogens with zero attached hydrogens (tertiary/aromatic N) is 4. The van der Waals surface area contributed by atoms with Crippen molar-refractivity contribution < 1.29 is 14.3 Å². The summed E-state index contributed by atoms with van der Waals surface area (Å²) in [4.78, 5) is 38.7. The topological polar surface area (TPSA) is 123 Å². The van der Waals surface area contributed by atoms with Gasteiger partial charge in [0.25, 0.3) is 0 Å². The van der Waals surface area contributed by atoms with E-state index in [1.54, 1.807) is 53.4 Å². The molecule has 3 aromatic rings. The molecule has 1 saturated heterocycles. The van der Waals surface area contributed by atoms with Crippen molar-refractivity contribution in [2.24, 2.45) is 0 Å². The lowest BCUT2D eigenvalue weighted by atomic mass is 10.1. The third-order valence-electron chi connectivity index (χ3n) is 4.62. The van der Waals surface area contributed by atoms with Crippen LogP contribution in [0.15, 0.2) is 48.5 Å². The summed E-state index contributed by atoms with van der Waals surface area (Å²) in [5.41, 5.74) is 7.32. The van der Waals surface area contributed by atoms with E-state index in [4.69, 9.17) is 22.1 Å². The highest BCUT2D eigenvalue weighted by atomic mass is 35.5. The summed E-state index contributed by atoms with van der Waals surface area (Å²) in [6, 6.07) is 13.8. The molecule has 31 heavy (non-hydrogen) atoms. The summed E-state index contributed by atoms with van der Waals surface area (Å²) in [6.07, 6.45) is 1.23. The maximum atomic E-state index is 12.7. The summed E-state index contributed by atoms with van der Waals surface area (Å²) in [6.45, 7) is 0.371. The van der Waals surface area contributed by atoms with E-state index < -0.39 is 5.97 Å². The Labute approximate surface area is 183 Å². The van der Waals surface area contributed by atoms with Crippen LogP contribution >= 0.6 is 11.6 Å². The molecule has 1 aliphatic heterocycles.